The molecule has 0 saturated heterocycles. The standard InChI is InChI=1S/C12H19NS/c1-9-11(13-10(2)14-9)12(3)7-5-4-6-8-12/h4-8H2,1-3H3. The number of aryl methyl sites for hydroxylation is 2. The van der Waals surface area contributed by atoms with Gasteiger partial charge in [-0.2, -0.15) is 0 Å². The Kier molecular flexibility index (Phi) is 2.65. The fourth-order valence-corrected chi connectivity index (χ4v) is 3.63. The monoisotopic (exact) mass is 209 g/mol. The molecule has 0 aromatic carbocycles. The van der Waals surface area contributed by atoms with E-state index < -0.39 is 0 Å². The molecule has 78 valence electrons. The average Bonchev–Trinajstić information content (AvgIpc) is 2.47. The van der Waals surface area contributed by atoms with E-state index in [0.29, 0.717) is 5.41 Å². The molecule has 1 fully saturated rings. The van der Waals surface area contributed by atoms with Crippen molar-refractivity contribution in [3.8, 4) is 0 Å². The highest BCUT2D eigenvalue weighted by Crippen LogP contribution is 2.40. The van der Waals surface area contributed by atoms with Gasteiger partial charge >= 0.3 is 0 Å². The van der Waals surface area contributed by atoms with E-state index >= 15 is 0 Å². The second kappa shape index (κ2) is 3.65. The summed E-state index contributed by atoms with van der Waals surface area (Å²) in [6, 6.07) is 0. The molecule has 0 aliphatic heterocycles. The minimum absolute atomic E-state index is 0.382. The average molecular weight is 209 g/mol. The van der Waals surface area contributed by atoms with Gasteiger partial charge in [-0.3, -0.25) is 0 Å². The number of nitrogens with zero attached hydrogens (tertiary/aromatic N) is 1. The van der Waals surface area contributed by atoms with Crippen molar-refractivity contribution in [3.05, 3.63) is 15.6 Å². The van der Waals surface area contributed by atoms with Gasteiger partial charge in [0.05, 0.1) is 10.7 Å². The van der Waals surface area contributed by atoms with Gasteiger partial charge in [-0.15, -0.1) is 11.3 Å². The highest BCUT2D eigenvalue weighted by molar-refractivity contribution is 7.11. The number of aromatic nitrogens is 1. The first-order valence-corrected chi connectivity index (χ1v) is 6.38. The fourth-order valence-electron chi connectivity index (χ4n) is 2.66. The van der Waals surface area contributed by atoms with Crippen molar-refractivity contribution in [2.75, 3.05) is 0 Å². The van der Waals surface area contributed by atoms with Gasteiger partial charge < -0.3 is 0 Å². The Labute approximate surface area is 90.6 Å². The van der Waals surface area contributed by atoms with Crippen LogP contribution in [0.1, 0.15) is 54.6 Å². The Bertz CT molecular complexity index is 321. The van der Waals surface area contributed by atoms with Gasteiger partial charge in [-0.05, 0) is 26.7 Å². The van der Waals surface area contributed by atoms with E-state index in [4.69, 9.17) is 4.98 Å². The highest BCUT2D eigenvalue weighted by atomic mass is 32.1. The van der Waals surface area contributed by atoms with Crippen LogP contribution in [-0.4, -0.2) is 4.98 Å². The highest BCUT2D eigenvalue weighted by Gasteiger charge is 2.32. The molecule has 0 amide bonds. The van der Waals surface area contributed by atoms with Gasteiger partial charge in [0.15, 0.2) is 0 Å². The van der Waals surface area contributed by atoms with Gasteiger partial charge in [-0.1, -0.05) is 26.2 Å². The summed E-state index contributed by atoms with van der Waals surface area (Å²) in [4.78, 5) is 6.16. The van der Waals surface area contributed by atoms with Crippen molar-refractivity contribution in [1.29, 1.82) is 0 Å². The van der Waals surface area contributed by atoms with Crippen molar-refractivity contribution in [1.82, 2.24) is 4.98 Å². The first kappa shape index (κ1) is 10.2. The lowest BCUT2D eigenvalue weighted by Gasteiger charge is -2.32. The molecular weight excluding hydrogens is 190 g/mol. The molecule has 1 aromatic rings. The number of rotatable bonds is 1. The Morgan fingerprint density at radius 2 is 1.79 bits per heavy atom. The molecular formula is C12H19NS. The zero-order valence-electron chi connectivity index (χ0n) is 9.39. The Morgan fingerprint density at radius 3 is 2.29 bits per heavy atom. The first-order chi connectivity index (χ1) is 6.62. The molecule has 0 atom stereocenters. The molecule has 1 heterocycles. The third-order valence-corrected chi connectivity index (χ3v) is 4.32. The van der Waals surface area contributed by atoms with E-state index in [2.05, 4.69) is 20.8 Å². The van der Waals surface area contributed by atoms with Gasteiger partial charge in [0.1, 0.15) is 0 Å². The van der Waals surface area contributed by atoms with Crippen LogP contribution < -0.4 is 0 Å². The van der Waals surface area contributed by atoms with E-state index in [9.17, 15) is 0 Å². The van der Waals surface area contributed by atoms with Crippen LogP contribution in [0.3, 0.4) is 0 Å². The topological polar surface area (TPSA) is 12.9 Å². The van der Waals surface area contributed by atoms with E-state index in [1.54, 1.807) is 0 Å². The summed E-state index contributed by atoms with van der Waals surface area (Å²) < 4.78 is 0. The van der Waals surface area contributed by atoms with E-state index in [1.165, 1.54) is 47.7 Å². The molecule has 0 bridgehead atoms. The Balaban J connectivity index is 2.32. The molecule has 1 aliphatic rings. The maximum Gasteiger partial charge on any atom is 0.0900 e. The maximum absolute atomic E-state index is 4.72. The van der Waals surface area contributed by atoms with Gasteiger partial charge in [0.25, 0.3) is 0 Å². The Morgan fingerprint density at radius 1 is 1.14 bits per heavy atom. The van der Waals surface area contributed by atoms with Gasteiger partial charge in [0.2, 0.25) is 0 Å². The summed E-state index contributed by atoms with van der Waals surface area (Å²) in [5, 5.41) is 1.23. The summed E-state index contributed by atoms with van der Waals surface area (Å²) in [7, 11) is 0. The quantitative estimate of drug-likeness (QED) is 0.681. The lowest BCUT2D eigenvalue weighted by atomic mass is 9.73. The summed E-state index contributed by atoms with van der Waals surface area (Å²) in [6.45, 7) is 6.74. The predicted octanol–water partition coefficient (Wildman–Crippen LogP) is 3.98. The molecule has 2 heteroatoms. The first-order valence-electron chi connectivity index (χ1n) is 5.56. The fraction of sp³-hybridized carbons (Fsp3) is 0.750. The SMILES string of the molecule is Cc1nc(C2(C)CCCCC2)c(C)s1. The second-order valence-electron chi connectivity index (χ2n) is 4.76. The zero-order chi connectivity index (χ0) is 10.2. The van der Waals surface area contributed by atoms with E-state index in [1.807, 2.05) is 11.3 Å². The molecule has 1 saturated carbocycles. The van der Waals surface area contributed by atoms with E-state index in [-0.39, 0.29) is 0 Å². The molecule has 0 spiro atoms. The van der Waals surface area contributed by atoms with Crippen LogP contribution in [-0.2, 0) is 5.41 Å². The molecule has 2 rings (SSSR count). The maximum atomic E-state index is 4.72. The lowest BCUT2D eigenvalue weighted by Crippen LogP contribution is -2.26. The molecule has 0 radical (unpaired) electrons. The second-order valence-corrected chi connectivity index (χ2v) is 6.17. The molecule has 1 aliphatic carbocycles. The molecule has 14 heavy (non-hydrogen) atoms. The number of hydrogen-bond acceptors (Lipinski definition) is 2. The minimum Gasteiger partial charge on any atom is -0.246 e. The zero-order valence-corrected chi connectivity index (χ0v) is 10.2. The summed E-state index contributed by atoms with van der Waals surface area (Å²) in [5.41, 5.74) is 1.77. The van der Waals surface area contributed by atoms with Crippen molar-refractivity contribution in [3.63, 3.8) is 0 Å². The van der Waals surface area contributed by atoms with Crippen molar-refractivity contribution in [2.45, 2.75) is 58.3 Å². The van der Waals surface area contributed by atoms with Crippen LogP contribution in [0.25, 0.3) is 0 Å². The predicted molar refractivity (Wildman–Crippen MR) is 62.0 cm³/mol. The van der Waals surface area contributed by atoms with Crippen molar-refractivity contribution in [2.24, 2.45) is 0 Å². The minimum atomic E-state index is 0.382. The van der Waals surface area contributed by atoms with Crippen LogP contribution >= 0.6 is 11.3 Å². The molecule has 1 nitrogen and oxygen atoms in total. The molecule has 0 N–H and O–H groups in total. The summed E-state index contributed by atoms with van der Waals surface area (Å²) >= 11 is 1.85. The third kappa shape index (κ3) is 1.72. The summed E-state index contributed by atoms with van der Waals surface area (Å²) in [6.07, 6.45) is 6.84. The van der Waals surface area contributed by atoms with Gasteiger partial charge in [-0.25, -0.2) is 4.98 Å². The van der Waals surface area contributed by atoms with Crippen LogP contribution in [0.2, 0.25) is 0 Å². The summed E-state index contributed by atoms with van der Waals surface area (Å²) in [5.74, 6) is 0. The third-order valence-electron chi connectivity index (χ3n) is 3.43. The van der Waals surface area contributed by atoms with Crippen LogP contribution in [0, 0.1) is 13.8 Å². The molecule has 1 aromatic heterocycles. The smallest absolute Gasteiger partial charge is 0.0900 e. The van der Waals surface area contributed by atoms with E-state index in [0.717, 1.165) is 0 Å². The van der Waals surface area contributed by atoms with Crippen molar-refractivity contribution < 1.29 is 0 Å². The number of thiazole rings is 1. The van der Waals surface area contributed by atoms with Crippen LogP contribution in [0.5, 0.6) is 0 Å². The van der Waals surface area contributed by atoms with Gasteiger partial charge in [0, 0.05) is 10.3 Å². The normalized spacial score (nSPS) is 21.1. The van der Waals surface area contributed by atoms with Crippen LogP contribution in [0.15, 0.2) is 0 Å². The lowest BCUT2D eigenvalue weighted by molar-refractivity contribution is 0.312. The number of hydrogen-bond donors (Lipinski definition) is 0. The van der Waals surface area contributed by atoms with Crippen LogP contribution in [0.4, 0.5) is 0 Å². The molecule has 0 unspecified atom stereocenters. The van der Waals surface area contributed by atoms with Crippen molar-refractivity contribution >= 4 is 11.3 Å². The Hall–Kier alpha value is -0.370. The largest absolute Gasteiger partial charge is 0.246 e.